The van der Waals surface area contributed by atoms with E-state index >= 15 is 0 Å². The highest BCUT2D eigenvalue weighted by Crippen LogP contribution is 2.14. The van der Waals surface area contributed by atoms with Gasteiger partial charge < -0.3 is 10.5 Å². The minimum absolute atomic E-state index is 0.222. The topological polar surface area (TPSA) is 81.4 Å². The predicted molar refractivity (Wildman–Crippen MR) is 60.2 cm³/mol. The molecule has 0 spiro atoms. The molecule has 1 aromatic rings. The number of carbonyl (C=O) groups excluding carboxylic acids is 2. The first-order chi connectivity index (χ1) is 7.50. The van der Waals surface area contributed by atoms with E-state index in [9.17, 15) is 9.59 Å². The van der Waals surface area contributed by atoms with E-state index in [2.05, 4.69) is 5.32 Å². The Balaban J connectivity index is 2.81. The summed E-state index contributed by atoms with van der Waals surface area (Å²) in [6.45, 7) is 3.47. The van der Waals surface area contributed by atoms with E-state index in [0.717, 1.165) is 0 Å². The molecule has 0 unspecified atom stereocenters. The molecule has 0 atom stereocenters. The number of amides is 2. The molecule has 86 valence electrons. The van der Waals surface area contributed by atoms with Crippen molar-refractivity contribution in [3.63, 3.8) is 0 Å². The van der Waals surface area contributed by atoms with Gasteiger partial charge in [0.15, 0.2) is 0 Å². The van der Waals surface area contributed by atoms with Gasteiger partial charge in [0.2, 0.25) is 0 Å². The number of para-hydroxylation sites is 1. The standard InChI is InChI=1S/C11H14N2O3/c1-7(2)16-11(15)13-9-6-4-3-5-8(9)10(12)14/h3-7H,1-2H3,(H2,12,14)(H,13,15). The maximum atomic E-state index is 11.3. The second-order valence-electron chi connectivity index (χ2n) is 3.49. The second kappa shape index (κ2) is 5.16. The first-order valence-electron chi connectivity index (χ1n) is 4.87. The van der Waals surface area contributed by atoms with Crippen molar-refractivity contribution >= 4 is 17.7 Å². The number of carbonyl (C=O) groups is 2. The molecular formula is C11H14N2O3. The second-order valence-corrected chi connectivity index (χ2v) is 3.49. The normalized spacial score (nSPS) is 9.94. The summed E-state index contributed by atoms with van der Waals surface area (Å²) in [6, 6.07) is 6.48. The van der Waals surface area contributed by atoms with Crippen LogP contribution in [-0.4, -0.2) is 18.1 Å². The smallest absolute Gasteiger partial charge is 0.411 e. The van der Waals surface area contributed by atoms with Crippen molar-refractivity contribution in [2.75, 3.05) is 5.32 Å². The maximum Gasteiger partial charge on any atom is 0.411 e. The van der Waals surface area contributed by atoms with E-state index in [4.69, 9.17) is 10.5 Å². The molecule has 0 bridgehead atoms. The monoisotopic (exact) mass is 222 g/mol. The van der Waals surface area contributed by atoms with Gasteiger partial charge in [-0.2, -0.15) is 0 Å². The van der Waals surface area contributed by atoms with Crippen LogP contribution >= 0.6 is 0 Å². The minimum Gasteiger partial charge on any atom is -0.447 e. The minimum atomic E-state index is -0.608. The zero-order valence-corrected chi connectivity index (χ0v) is 9.19. The largest absolute Gasteiger partial charge is 0.447 e. The van der Waals surface area contributed by atoms with Crippen LogP contribution in [-0.2, 0) is 4.74 Å². The van der Waals surface area contributed by atoms with Gasteiger partial charge in [0, 0.05) is 0 Å². The van der Waals surface area contributed by atoms with Crippen LogP contribution in [0.2, 0.25) is 0 Å². The fourth-order valence-corrected chi connectivity index (χ4v) is 1.16. The van der Waals surface area contributed by atoms with Crippen molar-refractivity contribution in [2.24, 2.45) is 5.73 Å². The summed E-state index contributed by atoms with van der Waals surface area (Å²) < 4.78 is 4.89. The van der Waals surface area contributed by atoms with Crippen molar-refractivity contribution in [2.45, 2.75) is 20.0 Å². The Labute approximate surface area is 93.6 Å². The number of hydrogen-bond acceptors (Lipinski definition) is 3. The van der Waals surface area contributed by atoms with Gasteiger partial charge in [-0.25, -0.2) is 4.79 Å². The third kappa shape index (κ3) is 3.27. The number of hydrogen-bond donors (Lipinski definition) is 2. The Bertz CT molecular complexity index is 402. The van der Waals surface area contributed by atoms with Crippen molar-refractivity contribution in [1.29, 1.82) is 0 Å². The zero-order chi connectivity index (χ0) is 12.1. The fourth-order valence-electron chi connectivity index (χ4n) is 1.16. The number of benzene rings is 1. The van der Waals surface area contributed by atoms with Gasteiger partial charge in [-0.15, -0.1) is 0 Å². The number of ether oxygens (including phenoxy) is 1. The Hall–Kier alpha value is -2.04. The lowest BCUT2D eigenvalue weighted by atomic mass is 10.1. The van der Waals surface area contributed by atoms with Crippen LogP contribution in [0.4, 0.5) is 10.5 Å². The van der Waals surface area contributed by atoms with Crippen LogP contribution in [0.15, 0.2) is 24.3 Å². The summed E-state index contributed by atoms with van der Waals surface area (Å²) in [6.07, 6.45) is -0.829. The number of primary amides is 1. The summed E-state index contributed by atoms with van der Waals surface area (Å²) in [5.41, 5.74) is 5.76. The maximum absolute atomic E-state index is 11.3. The van der Waals surface area contributed by atoms with E-state index < -0.39 is 12.0 Å². The quantitative estimate of drug-likeness (QED) is 0.817. The Morgan fingerprint density at radius 1 is 1.31 bits per heavy atom. The highest BCUT2D eigenvalue weighted by Gasteiger charge is 2.11. The third-order valence-corrected chi connectivity index (χ3v) is 1.77. The molecule has 0 fully saturated rings. The molecule has 0 aliphatic heterocycles. The summed E-state index contributed by atoms with van der Waals surface area (Å²) in [7, 11) is 0. The van der Waals surface area contributed by atoms with Crippen molar-refractivity contribution in [1.82, 2.24) is 0 Å². The molecule has 1 aromatic carbocycles. The van der Waals surface area contributed by atoms with Gasteiger partial charge in [-0.1, -0.05) is 12.1 Å². The average Bonchev–Trinajstić information content (AvgIpc) is 2.16. The Morgan fingerprint density at radius 2 is 1.94 bits per heavy atom. The number of nitrogens with one attached hydrogen (secondary N) is 1. The molecule has 1 rings (SSSR count). The highest BCUT2D eigenvalue weighted by molar-refractivity contribution is 6.01. The molecule has 5 nitrogen and oxygen atoms in total. The van der Waals surface area contributed by atoms with Crippen LogP contribution in [0, 0.1) is 0 Å². The molecule has 3 N–H and O–H groups in total. The molecule has 16 heavy (non-hydrogen) atoms. The molecule has 0 aliphatic carbocycles. The predicted octanol–water partition coefficient (Wildman–Crippen LogP) is 1.74. The molecule has 0 saturated heterocycles. The summed E-state index contributed by atoms with van der Waals surface area (Å²) in [5.74, 6) is -0.597. The first kappa shape index (κ1) is 12.0. The lowest BCUT2D eigenvalue weighted by Crippen LogP contribution is -2.21. The summed E-state index contributed by atoms with van der Waals surface area (Å²) in [5, 5.41) is 2.46. The first-order valence-corrected chi connectivity index (χ1v) is 4.87. The third-order valence-electron chi connectivity index (χ3n) is 1.77. The fraction of sp³-hybridized carbons (Fsp3) is 0.273. The van der Waals surface area contributed by atoms with Crippen LogP contribution < -0.4 is 11.1 Å². The molecule has 0 aromatic heterocycles. The van der Waals surface area contributed by atoms with Gasteiger partial charge >= 0.3 is 6.09 Å². The lowest BCUT2D eigenvalue weighted by molar-refractivity contribution is 0.100. The van der Waals surface area contributed by atoms with Crippen LogP contribution in [0.5, 0.6) is 0 Å². The Morgan fingerprint density at radius 3 is 2.50 bits per heavy atom. The van der Waals surface area contributed by atoms with Gasteiger partial charge in [-0.05, 0) is 26.0 Å². The summed E-state index contributed by atoms with van der Waals surface area (Å²) >= 11 is 0. The van der Waals surface area contributed by atoms with Crippen LogP contribution in [0.25, 0.3) is 0 Å². The van der Waals surface area contributed by atoms with Crippen molar-refractivity contribution in [3.8, 4) is 0 Å². The number of nitrogens with two attached hydrogens (primary N) is 1. The highest BCUT2D eigenvalue weighted by atomic mass is 16.6. The zero-order valence-electron chi connectivity index (χ0n) is 9.19. The van der Waals surface area contributed by atoms with E-state index in [-0.39, 0.29) is 11.7 Å². The molecule has 2 amide bonds. The van der Waals surface area contributed by atoms with Gasteiger partial charge in [-0.3, -0.25) is 10.1 Å². The molecule has 0 radical (unpaired) electrons. The van der Waals surface area contributed by atoms with Crippen LogP contribution in [0.1, 0.15) is 24.2 Å². The average molecular weight is 222 g/mol. The molecule has 0 heterocycles. The number of rotatable bonds is 3. The molecule has 0 saturated carbocycles. The van der Waals surface area contributed by atoms with E-state index in [1.165, 1.54) is 6.07 Å². The van der Waals surface area contributed by atoms with Gasteiger partial charge in [0.05, 0.1) is 17.4 Å². The molecule has 5 heteroatoms. The van der Waals surface area contributed by atoms with Gasteiger partial charge in [0.1, 0.15) is 0 Å². The van der Waals surface area contributed by atoms with E-state index in [1.54, 1.807) is 32.0 Å². The summed E-state index contributed by atoms with van der Waals surface area (Å²) in [4.78, 5) is 22.4. The lowest BCUT2D eigenvalue weighted by Gasteiger charge is -2.11. The van der Waals surface area contributed by atoms with Gasteiger partial charge in [0.25, 0.3) is 5.91 Å². The SMILES string of the molecule is CC(C)OC(=O)Nc1ccccc1C(N)=O. The van der Waals surface area contributed by atoms with Crippen LogP contribution in [0.3, 0.4) is 0 Å². The Kier molecular flexibility index (Phi) is 3.88. The molecule has 0 aliphatic rings. The van der Waals surface area contributed by atoms with E-state index in [1.807, 2.05) is 0 Å². The molecular weight excluding hydrogens is 208 g/mol. The van der Waals surface area contributed by atoms with Crippen molar-refractivity contribution < 1.29 is 14.3 Å². The van der Waals surface area contributed by atoms with E-state index in [0.29, 0.717) is 5.69 Å². The number of anilines is 1. The van der Waals surface area contributed by atoms with Crippen molar-refractivity contribution in [3.05, 3.63) is 29.8 Å².